The summed E-state index contributed by atoms with van der Waals surface area (Å²) in [6, 6.07) is 6.83. The third-order valence-electron chi connectivity index (χ3n) is 3.38. The van der Waals surface area contributed by atoms with Crippen LogP contribution in [0.2, 0.25) is 5.02 Å². The Morgan fingerprint density at radius 2 is 2.33 bits per heavy atom. The average molecular weight is 332 g/mol. The summed E-state index contributed by atoms with van der Waals surface area (Å²) in [5.41, 5.74) is 1.23. The minimum Gasteiger partial charge on any atom is -0.370 e. The van der Waals surface area contributed by atoms with Crippen LogP contribution in [0.25, 0.3) is 0 Å². The lowest BCUT2D eigenvalue weighted by molar-refractivity contribution is 0.502. The van der Waals surface area contributed by atoms with Crippen LogP contribution in [0.5, 0.6) is 0 Å². The summed E-state index contributed by atoms with van der Waals surface area (Å²) in [5.74, 6) is 0. The summed E-state index contributed by atoms with van der Waals surface area (Å²) < 4.78 is 0.964. The van der Waals surface area contributed by atoms with Gasteiger partial charge in [-0.1, -0.05) is 24.9 Å². The number of hydrogen-bond acceptors (Lipinski definition) is 2. The normalized spacial score (nSPS) is 20.8. The van der Waals surface area contributed by atoms with Crippen molar-refractivity contribution in [1.82, 2.24) is 5.32 Å². The Hall–Kier alpha value is -0.250. The van der Waals surface area contributed by atoms with Gasteiger partial charge in [-0.3, -0.25) is 0 Å². The van der Waals surface area contributed by atoms with E-state index in [4.69, 9.17) is 11.6 Å². The van der Waals surface area contributed by atoms with Gasteiger partial charge in [0.25, 0.3) is 0 Å². The zero-order chi connectivity index (χ0) is 13.0. The van der Waals surface area contributed by atoms with Crippen LogP contribution in [0, 0.1) is 0 Å². The predicted molar refractivity (Wildman–Crippen MR) is 82.7 cm³/mol. The maximum absolute atomic E-state index is 6.18. The van der Waals surface area contributed by atoms with Gasteiger partial charge in [0, 0.05) is 29.3 Å². The highest BCUT2D eigenvalue weighted by atomic mass is 79.9. The minimum absolute atomic E-state index is 0.597. The molecule has 0 spiro atoms. The average Bonchev–Trinajstić information content (AvgIpc) is 2.59. The largest absolute Gasteiger partial charge is 0.370 e. The number of nitrogens with zero attached hydrogens (tertiary/aromatic N) is 1. The molecule has 1 aliphatic heterocycles. The lowest BCUT2D eigenvalue weighted by Gasteiger charge is -2.26. The number of anilines is 1. The fourth-order valence-electron chi connectivity index (χ4n) is 2.46. The zero-order valence-corrected chi connectivity index (χ0v) is 13.1. The molecule has 0 aromatic heterocycles. The van der Waals surface area contributed by atoms with Crippen LogP contribution in [0.1, 0.15) is 26.2 Å². The highest BCUT2D eigenvalue weighted by Gasteiger charge is 2.17. The second-order valence-corrected chi connectivity index (χ2v) is 6.10. The van der Waals surface area contributed by atoms with Crippen molar-refractivity contribution in [2.45, 2.75) is 32.2 Å². The minimum atomic E-state index is 0.597. The quantitative estimate of drug-likeness (QED) is 0.898. The fraction of sp³-hybridized carbons (Fsp3) is 0.571. The van der Waals surface area contributed by atoms with Crippen LogP contribution in [-0.2, 0) is 0 Å². The molecule has 100 valence electrons. The Morgan fingerprint density at radius 3 is 3.06 bits per heavy atom. The first-order valence-corrected chi connectivity index (χ1v) is 7.81. The number of rotatable bonds is 3. The van der Waals surface area contributed by atoms with Gasteiger partial charge in [-0.2, -0.15) is 0 Å². The molecule has 1 heterocycles. The molecular formula is C14H20BrClN2. The molecule has 1 aliphatic rings. The summed E-state index contributed by atoms with van der Waals surface area (Å²) in [6.45, 7) is 5.54. The summed E-state index contributed by atoms with van der Waals surface area (Å²) >= 11 is 9.62. The highest BCUT2D eigenvalue weighted by Crippen LogP contribution is 2.28. The van der Waals surface area contributed by atoms with Crippen molar-refractivity contribution in [3.05, 3.63) is 27.7 Å². The van der Waals surface area contributed by atoms with Gasteiger partial charge < -0.3 is 10.2 Å². The molecule has 1 unspecified atom stereocenters. The van der Waals surface area contributed by atoms with E-state index >= 15 is 0 Å². The first kappa shape index (κ1) is 14.2. The number of halogens is 2. The van der Waals surface area contributed by atoms with Crippen molar-refractivity contribution in [2.75, 3.05) is 24.5 Å². The molecule has 4 heteroatoms. The SMILES string of the molecule is CCCC1CN(c2ccc(Br)c(Cl)c2)CCCN1. The second kappa shape index (κ2) is 6.78. The van der Waals surface area contributed by atoms with Gasteiger partial charge in [-0.25, -0.2) is 0 Å². The summed E-state index contributed by atoms with van der Waals surface area (Å²) in [6.07, 6.45) is 3.65. The van der Waals surface area contributed by atoms with Gasteiger partial charge in [0.1, 0.15) is 0 Å². The van der Waals surface area contributed by atoms with Crippen molar-refractivity contribution < 1.29 is 0 Å². The van der Waals surface area contributed by atoms with Gasteiger partial charge in [0.15, 0.2) is 0 Å². The summed E-state index contributed by atoms with van der Waals surface area (Å²) in [7, 11) is 0. The topological polar surface area (TPSA) is 15.3 Å². The van der Waals surface area contributed by atoms with E-state index in [1.54, 1.807) is 0 Å². The number of nitrogens with one attached hydrogen (secondary N) is 1. The summed E-state index contributed by atoms with van der Waals surface area (Å²) in [4.78, 5) is 2.44. The molecular weight excluding hydrogens is 312 g/mol. The van der Waals surface area contributed by atoms with Crippen molar-refractivity contribution >= 4 is 33.2 Å². The molecule has 0 aliphatic carbocycles. The van der Waals surface area contributed by atoms with E-state index < -0.39 is 0 Å². The molecule has 0 saturated carbocycles. The lowest BCUT2D eigenvalue weighted by atomic mass is 10.1. The number of hydrogen-bond donors (Lipinski definition) is 1. The molecule has 2 nitrogen and oxygen atoms in total. The van der Waals surface area contributed by atoms with Crippen LogP contribution in [0.3, 0.4) is 0 Å². The van der Waals surface area contributed by atoms with Crippen molar-refractivity contribution in [1.29, 1.82) is 0 Å². The van der Waals surface area contributed by atoms with Gasteiger partial charge in [-0.15, -0.1) is 0 Å². The zero-order valence-electron chi connectivity index (χ0n) is 10.8. The molecule has 18 heavy (non-hydrogen) atoms. The Kier molecular flexibility index (Phi) is 5.34. The summed E-state index contributed by atoms with van der Waals surface area (Å²) in [5, 5.41) is 4.41. The Balaban J connectivity index is 2.12. The molecule has 0 radical (unpaired) electrons. The van der Waals surface area contributed by atoms with E-state index in [9.17, 15) is 0 Å². The van der Waals surface area contributed by atoms with E-state index in [0.29, 0.717) is 6.04 Å². The Bertz CT molecular complexity index is 397. The van der Waals surface area contributed by atoms with Crippen molar-refractivity contribution in [3.63, 3.8) is 0 Å². The predicted octanol–water partition coefficient (Wildman–Crippen LogP) is 4.07. The second-order valence-electron chi connectivity index (χ2n) is 4.84. The Morgan fingerprint density at radius 1 is 1.50 bits per heavy atom. The third kappa shape index (κ3) is 3.62. The first-order chi connectivity index (χ1) is 8.70. The standard InChI is InChI=1S/C14H20BrClN2/c1-2-4-11-10-18(8-3-7-17-11)12-5-6-13(15)14(16)9-12/h5-6,9,11,17H,2-4,7-8,10H2,1H3. The molecule has 1 aromatic carbocycles. The van der Waals surface area contributed by atoms with Crippen LogP contribution in [0.4, 0.5) is 5.69 Å². The molecule has 1 aromatic rings. The van der Waals surface area contributed by atoms with Gasteiger partial charge in [-0.05, 0) is 53.5 Å². The van der Waals surface area contributed by atoms with Crippen LogP contribution in [-0.4, -0.2) is 25.7 Å². The molecule has 2 rings (SSSR count). The Labute approximate surface area is 123 Å². The molecule has 0 amide bonds. The third-order valence-corrected chi connectivity index (χ3v) is 4.62. The first-order valence-electron chi connectivity index (χ1n) is 6.64. The molecule has 1 N–H and O–H groups in total. The van der Waals surface area contributed by atoms with E-state index in [1.165, 1.54) is 24.9 Å². The van der Waals surface area contributed by atoms with Crippen LogP contribution in [0.15, 0.2) is 22.7 Å². The van der Waals surface area contributed by atoms with Gasteiger partial charge in [0.2, 0.25) is 0 Å². The van der Waals surface area contributed by atoms with Gasteiger partial charge >= 0.3 is 0 Å². The monoisotopic (exact) mass is 330 g/mol. The fourth-order valence-corrected chi connectivity index (χ4v) is 2.88. The van der Waals surface area contributed by atoms with Crippen LogP contribution >= 0.6 is 27.5 Å². The molecule has 1 saturated heterocycles. The van der Waals surface area contributed by atoms with E-state index in [0.717, 1.165) is 29.1 Å². The molecule has 1 fully saturated rings. The highest BCUT2D eigenvalue weighted by molar-refractivity contribution is 9.10. The van der Waals surface area contributed by atoms with Gasteiger partial charge in [0.05, 0.1) is 5.02 Å². The lowest BCUT2D eigenvalue weighted by Crippen LogP contribution is -2.37. The smallest absolute Gasteiger partial charge is 0.0568 e. The van der Waals surface area contributed by atoms with Crippen LogP contribution < -0.4 is 10.2 Å². The van der Waals surface area contributed by atoms with E-state index in [-0.39, 0.29) is 0 Å². The van der Waals surface area contributed by atoms with Crippen molar-refractivity contribution in [3.8, 4) is 0 Å². The maximum atomic E-state index is 6.18. The van der Waals surface area contributed by atoms with Crippen molar-refractivity contribution in [2.24, 2.45) is 0 Å². The molecule has 0 bridgehead atoms. The van der Waals surface area contributed by atoms with E-state index in [1.807, 2.05) is 6.07 Å². The molecule has 1 atom stereocenters. The maximum Gasteiger partial charge on any atom is 0.0568 e. The van der Waals surface area contributed by atoms with E-state index in [2.05, 4.69) is 45.2 Å². The number of benzene rings is 1.